The lowest BCUT2D eigenvalue weighted by atomic mass is 10.2. The number of halogens is 2. The van der Waals surface area contributed by atoms with Crippen LogP contribution >= 0.6 is 24.0 Å². The molecule has 1 aliphatic rings. The van der Waals surface area contributed by atoms with E-state index >= 15 is 0 Å². The SMILES string of the molecule is Cl.O=C(O)CNC(=O)CN1CCN(C(=O)c2ccc(Cl)cc2)CC1. The number of hydrogen-bond donors (Lipinski definition) is 2. The van der Waals surface area contributed by atoms with Gasteiger partial charge in [-0.05, 0) is 24.3 Å². The largest absolute Gasteiger partial charge is 0.480 e. The van der Waals surface area contributed by atoms with Crippen molar-refractivity contribution in [2.24, 2.45) is 0 Å². The van der Waals surface area contributed by atoms with E-state index in [2.05, 4.69) is 5.32 Å². The Morgan fingerprint density at radius 2 is 1.67 bits per heavy atom. The minimum absolute atomic E-state index is 0. The number of carbonyl (C=O) groups is 3. The zero-order chi connectivity index (χ0) is 16.8. The van der Waals surface area contributed by atoms with Gasteiger partial charge in [0.1, 0.15) is 6.54 Å². The van der Waals surface area contributed by atoms with Crippen LogP contribution in [0.1, 0.15) is 10.4 Å². The zero-order valence-electron chi connectivity index (χ0n) is 12.9. The van der Waals surface area contributed by atoms with E-state index in [1.54, 1.807) is 29.2 Å². The molecule has 0 saturated carbocycles. The van der Waals surface area contributed by atoms with E-state index in [-0.39, 0.29) is 37.3 Å². The second kappa shape index (κ2) is 9.46. The molecule has 0 unspecified atom stereocenters. The Labute approximate surface area is 151 Å². The maximum absolute atomic E-state index is 12.3. The van der Waals surface area contributed by atoms with Crippen LogP contribution in [0.2, 0.25) is 5.02 Å². The summed E-state index contributed by atoms with van der Waals surface area (Å²) in [6, 6.07) is 6.74. The van der Waals surface area contributed by atoms with E-state index in [4.69, 9.17) is 16.7 Å². The monoisotopic (exact) mass is 375 g/mol. The molecule has 2 rings (SSSR count). The van der Waals surface area contributed by atoms with E-state index in [9.17, 15) is 14.4 Å². The van der Waals surface area contributed by atoms with Crippen molar-refractivity contribution in [1.82, 2.24) is 15.1 Å². The minimum atomic E-state index is -1.07. The Hall–Kier alpha value is -1.83. The number of nitrogens with zero attached hydrogens (tertiary/aromatic N) is 2. The molecule has 1 heterocycles. The fourth-order valence-electron chi connectivity index (χ4n) is 2.32. The lowest BCUT2D eigenvalue weighted by Crippen LogP contribution is -2.51. The van der Waals surface area contributed by atoms with Crippen molar-refractivity contribution in [2.45, 2.75) is 0 Å². The number of benzene rings is 1. The standard InChI is InChI=1S/C15H18ClN3O4.ClH/c16-12-3-1-11(2-4-12)15(23)19-7-5-18(6-8-19)10-13(20)17-9-14(21)22;/h1-4H,5-10H2,(H,17,20)(H,21,22);1H. The number of rotatable bonds is 5. The molecule has 24 heavy (non-hydrogen) atoms. The molecule has 7 nitrogen and oxygen atoms in total. The van der Waals surface area contributed by atoms with Crippen molar-refractivity contribution in [3.05, 3.63) is 34.9 Å². The van der Waals surface area contributed by atoms with Crippen LogP contribution in [0.15, 0.2) is 24.3 Å². The van der Waals surface area contributed by atoms with Crippen LogP contribution in [0, 0.1) is 0 Å². The number of amides is 2. The summed E-state index contributed by atoms with van der Waals surface area (Å²) in [5, 5.41) is 11.4. The van der Waals surface area contributed by atoms with E-state index in [1.165, 1.54) is 0 Å². The van der Waals surface area contributed by atoms with Crippen LogP contribution in [0.5, 0.6) is 0 Å². The second-order valence-electron chi connectivity index (χ2n) is 5.25. The Bertz CT molecular complexity index is 587. The van der Waals surface area contributed by atoms with Crippen LogP contribution in [-0.2, 0) is 9.59 Å². The van der Waals surface area contributed by atoms with Gasteiger partial charge in [0.2, 0.25) is 5.91 Å². The Morgan fingerprint density at radius 1 is 1.08 bits per heavy atom. The summed E-state index contributed by atoms with van der Waals surface area (Å²) < 4.78 is 0. The highest BCUT2D eigenvalue weighted by molar-refractivity contribution is 6.30. The molecule has 1 aliphatic heterocycles. The third-order valence-corrected chi connectivity index (χ3v) is 3.81. The molecule has 0 aliphatic carbocycles. The van der Waals surface area contributed by atoms with Gasteiger partial charge in [-0.15, -0.1) is 12.4 Å². The van der Waals surface area contributed by atoms with E-state index in [0.29, 0.717) is 36.8 Å². The molecule has 0 atom stereocenters. The summed E-state index contributed by atoms with van der Waals surface area (Å²) in [6.07, 6.45) is 0. The molecule has 2 N–H and O–H groups in total. The van der Waals surface area contributed by atoms with Crippen molar-refractivity contribution in [2.75, 3.05) is 39.3 Å². The summed E-state index contributed by atoms with van der Waals surface area (Å²) in [6.45, 7) is 1.94. The highest BCUT2D eigenvalue weighted by Crippen LogP contribution is 2.13. The summed E-state index contributed by atoms with van der Waals surface area (Å²) in [5.74, 6) is -1.46. The van der Waals surface area contributed by atoms with Gasteiger partial charge in [-0.3, -0.25) is 19.3 Å². The molecular weight excluding hydrogens is 357 g/mol. The Balaban J connectivity index is 0.00000288. The molecular formula is C15H19Cl2N3O4. The normalized spacial score (nSPS) is 14.6. The molecule has 0 radical (unpaired) electrons. The third-order valence-electron chi connectivity index (χ3n) is 3.55. The topological polar surface area (TPSA) is 89.9 Å². The molecule has 2 amide bonds. The van der Waals surface area contributed by atoms with Gasteiger partial charge in [0.05, 0.1) is 6.54 Å². The second-order valence-corrected chi connectivity index (χ2v) is 5.68. The predicted octanol–water partition coefficient (Wildman–Crippen LogP) is 0.720. The summed E-state index contributed by atoms with van der Waals surface area (Å²) in [5.41, 5.74) is 0.585. The molecule has 0 bridgehead atoms. The van der Waals surface area contributed by atoms with E-state index in [1.807, 2.05) is 4.90 Å². The molecule has 1 fully saturated rings. The number of carbonyl (C=O) groups excluding carboxylic acids is 2. The number of carboxylic acid groups (broad SMARTS) is 1. The van der Waals surface area contributed by atoms with Gasteiger partial charge in [0, 0.05) is 36.8 Å². The lowest BCUT2D eigenvalue weighted by molar-refractivity contribution is -0.138. The van der Waals surface area contributed by atoms with Gasteiger partial charge in [0.25, 0.3) is 5.91 Å². The number of nitrogens with one attached hydrogen (secondary N) is 1. The van der Waals surface area contributed by atoms with Crippen LogP contribution in [0.4, 0.5) is 0 Å². The van der Waals surface area contributed by atoms with Gasteiger partial charge in [-0.1, -0.05) is 11.6 Å². The maximum Gasteiger partial charge on any atom is 0.322 e. The molecule has 0 aromatic heterocycles. The van der Waals surface area contributed by atoms with Gasteiger partial charge in [-0.2, -0.15) is 0 Å². The van der Waals surface area contributed by atoms with E-state index in [0.717, 1.165) is 0 Å². The highest BCUT2D eigenvalue weighted by atomic mass is 35.5. The van der Waals surface area contributed by atoms with Crippen LogP contribution in [0.25, 0.3) is 0 Å². The van der Waals surface area contributed by atoms with Crippen LogP contribution in [0.3, 0.4) is 0 Å². The van der Waals surface area contributed by atoms with Gasteiger partial charge in [0.15, 0.2) is 0 Å². The van der Waals surface area contributed by atoms with Gasteiger partial charge in [-0.25, -0.2) is 0 Å². The number of piperazine rings is 1. The third kappa shape index (κ3) is 5.99. The molecule has 1 saturated heterocycles. The first-order valence-corrected chi connectivity index (χ1v) is 7.59. The van der Waals surface area contributed by atoms with Crippen molar-refractivity contribution in [3.8, 4) is 0 Å². The number of hydrogen-bond acceptors (Lipinski definition) is 4. The van der Waals surface area contributed by atoms with Gasteiger partial charge < -0.3 is 15.3 Å². The fraction of sp³-hybridized carbons (Fsp3) is 0.400. The van der Waals surface area contributed by atoms with Crippen LogP contribution < -0.4 is 5.32 Å². The van der Waals surface area contributed by atoms with Crippen molar-refractivity contribution < 1.29 is 19.5 Å². The van der Waals surface area contributed by atoms with E-state index < -0.39 is 5.97 Å². The summed E-state index contributed by atoms with van der Waals surface area (Å²) >= 11 is 5.81. The Morgan fingerprint density at radius 3 is 2.21 bits per heavy atom. The molecule has 1 aromatic rings. The van der Waals surface area contributed by atoms with Crippen molar-refractivity contribution >= 4 is 41.8 Å². The first kappa shape index (κ1) is 20.2. The van der Waals surface area contributed by atoms with Crippen molar-refractivity contribution in [3.63, 3.8) is 0 Å². The summed E-state index contributed by atoms with van der Waals surface area (Å²) in [4.78, 5) is 37.9. The first-order chi connectivity index (χ1) is 11.0. The average Bonchev–Trinajstić information content (AvgIpc) is 2.54. The van der Waals surface area contributed by atoms with Gasteiger partial charge >= 0.3 is 5.97 Å². The molecule has 1 aromatic carbocycles. The Kier molecular flexibility index (Phi) is 7.97. The maximum atomic E-state index is 12.3. The number of aliphatic carboxylic acids is 1. The molecule has 9 heteroatoms. The van der Waals surface area contributed by atoms with Crippen LogP contribution in [-0.4, -0.2) is 72.0 Å². The smallest absolute Gasteiger partial charge is 0.322 e. The average molecular weight is 376 g/mol. The quantitative estimate of drug-likeness (QED) is 0.791. The molecule has 0 spiro atoms. The minimum Gasteiger partial charge on any atom is -0.480 e. The fourth-order valence-corrected chi connectivity index (χ4v) is 2.44. The first-order valence-electron chi connectivity index (χ1n) is 7.21. The zero-order valence-corrected chi connectivity index (χ0v) is 14.5. The summed E-state index contributed by atoms with van der Waals surface area (Å²) in [7, 11) is 0. The number of carboxylic acids is 1. The predicted molar refractivity (Wildman–Crippen MR) is 91.7 cm³/mol. The van der Waals surface area contributed by atoms with Crippen molar-refractivity contribution in [1.29, 1.82) is 0 Å². The molecule has 132 valence electrons. The highest BCUT2D eigenvalue weighted by Gasteiger charge is 2.23. The lowest BCUT2D eigenvalue weighted by Gasteiger charge is -2.34.